The molecule has 3 heterocycles. The Morgan fingerprint density at radius 2 is 2.07 bits per heavy atom. The molecule has 1 amide bonds. The largest absolute Gasteiger partial charge is 0.467 e. The lowest BCUT2D eigenvalue weighted by molar-refractivity contribution is -0.113. The number of anilines is 2. The average Bonchev–Trinajstić information content (AvgIpc) is 3.47. The molecule has 2 N–H and O–H groups in total. The average molecular weight is 427 g/mol. The van der Waals surface area contributed by atoms with Gasteiger partial charge in [0.05, 0.1) is 29.9 Å². The van der Waals surface area contributed by atoms with Gasteiger partial charge in [-0.05, 0) is 31.2 Å². The van der Waals surface area contributed by atoms with Gasteiger partial charge in [-0.2, -0.15) is 5.10 Å². The van der Waals surface area contributed by atoms with Crippen LogP contribution < -0.4 is 10.6 Å². The highest BCUT2D eigenvalue weighted by molar-refractivity contribution is 8.01. The molecule has 0 radical (unpaired) electrons. The van der Waals surface area contributed by atoms with E-state index in [1.807, 2.05) is 55.5 Å². The lowest BCUT2D eigenvalue weighted by Gasteiger charge is -2.08. The van der Waals surface area contributed by atoms with Crippen molar-refractivity contribution in [3.8, 4) is 5.69 Å². The molecule has 4 rings (SSSR count). The van der Waals surface area contributed by atoms with Crippen molar-refractivity contribution in [3.05, 3.63) is 66.2 Å². The molecule has 0 atom stereocenters. The van der Waals surface area contributed by atoms with E-state index in [-0.39, 0.29) is 11.7 Å². The first-order valence-corrected chi connectivity index (χ1v) is 10.6. The summed E-state index contributed by atoms with van der Waals surface area (Å²) in [5.74, 6) is 1.55. The third-order valence-corrected chi connectivity index (χ3v) is 5.84. The fourth-order valence-corrected chi connectivity index (χ4v) is 4.12. The van der Waals surface area contributed by atoms with Crippen LogP contribution in [0.15, 0.2) is 63.6 Å². The van der Waals surface area contributed by atoms with E-state index >= 15 is 0 Å². The summed E-state index contributed by atoms with van der Waals surface area (Å²) in [6.07, 6.45) is 1.63. The second kappa shape index (κ2) is 8.93. The Kier molecular flexibility index (Phi) is 5.92. The first-order chi connectivity index (χ1) is 14.2. The standard InChI is InChI=1S/C19H18N6O2S2/c1-13-10-16(25(24-13)14-6-3-2-4-7-14)21-17(26)12-28-19-23-22-18(29-19)20-11-15-8-5-9-27-15/h2-10H,11-12H2,1H3,(H,20,22)(H,21,26). The fraction of sp³-hybridized carbons (Fsp3) is 0.158. The highest BCUT2D eigenvalue weighted by Crippen LogP contribution is 2.26. The number of aryl methyl sites for hydroxylation is 1. The van der Waals surface area contributed by atoms with Crippen molar-refractivity contribution in [3.63, 3.8) is 0 Å². The first-order valence-electron chi connectivity index (χ1n) is 8.82. The number of aromatic nitrogens is 4. The third kappa shape index (κ3) is 5.04. The van der Waals surface area contributed by atoms with E-state index < -0.39 is 0 Å². The van der Waals surface area contributed by atoms with Crippen molar-refractivity contribution in [2.75, 3.05) is 16.4 Å². The smallest absolute Gasteiger partial charge is 0.235 e. The molecule has 3 aromatic heterocycles. The topological polar surface area (TPSA) is 97.9 Å². The second-order valence-electron chi connectivity index (χ2n) is 6.06. The molecule has 0 spiro atoms. The molecular weight excluding hydrogens is 408 g/mol. The number of nitrogens with zero attached hydrogens (tertiary/aromatic N) is 4. The van der Waals surface area contributed by atoms with Crippen molar-refractivity contribution < 1.29 is 9.21 Å². The van der Waals surface area contributed by atoms with Crippen LogP contribution in [0.3, 0.4) is 0 Å². The molecule has 10 heteroatoms. The van der Waals surface area contributed by atoms with Gasteiger partial charge in [-0.3, -0.25) is 4.79 Å². The van der Waals surface area contributed by atoms with Crippen LogP contribution in [-0.2, 0) is 11.3 Å². The minimum absolute atomic E-state index is 0.132. The third-order valence-electron chi connectivity index (χ3n) is 3.83. The quantitative estimate of drug-likeness (QED) is 0.411. The second-order valence-corrected chi connectivity index (χ2v) is 8.26. The van der Waals surface area contributed by atoms with E-state index in [1.165, 1.54) is 23.1 Å². The monoisotopic (exact) mass is 426 g/mol. The summed E-state index contributed by atoms with van der Waals surface area (Å²) in [5.41, 5.74) is 1.72. The predicted octanol–water partition coefficient (Wildman–Crippen LogP) is 3.97. The van der Waals surface area contributed by atoms with E-state index in [0.717, 1.165) is 21.5 Å². The maximum absolute atomic E-state index is 12.4. The predicted molar refractivity (Wildman–Crippen MR) is 114 cm³/mol. The highest BCUT2D eigenvalue weighted by atomic mass is 32.2. The van der Waals surface area contributed by atoms with Gasteiger partial charge in [-0.25, -0.2) is 4.68 Å². The highest BCUT2D eigenvalue weighted by Gasteiger charge is 2.13. The van der Waals surface area contributed by atoms with Gasteiger partial charge in [-0.15, -0.1) is 10.2 Å². The van der Waals surface area contributed by atoms with Gasteiger partial charge in [0.15, 0.2) is 4.34 Å². The Balaban J connectivity index is 1.32. The van der Waals surface area contributed by atoms with Crippen molar-refractivity contribution in [1.82, 2.24) is 20.0 Å². The minimum atomic E-state index is -0.132. The number of benzene rings is 1. The van der Waals surface area contributed by atoms with Crippen LogP contribution in [0.4, 0.5) is 10.9 Å². The summed E-state index contributed by atoms with van der Waals surface area (Å²) in [5, 5.41) is 19.4. The van der Waals surface area contributed by atoms with Crippen LogP contribution in [0, 0.1) is 6.92 Å². The van der Waals surface area contributed by atoms with Crippen molar-refractivity contribution in [2.45, 2.75) is 17.8 Å². The summed E-state index contributed by atoms with van der Waals surface area (Å²) in [6, 6.07) is 15.2. The number of furan rings is 1. The molecule has 0 fully saturated rings. The molecule has 1 aromatic carbocycles. The summed E-state index contributed by atoms with van der Waals surface area (Å²) in [6.45, 7) is 2.43. The zero-order valence-corrected chi connectivity index (χ0v) is 17.2. The minimum Gasteiger partial charge on any atom is -0.467 e. The van der Waals surface area contributed by atoms with Crippen LogP contribution >= 0.6 is 23.1 Å². The SMILES string of the molecule is Cc1cc(NC(=O)CSc2nnc(NCc3ccco3)s2)n(-c2ccccc2)n1. The van der Waals surface area contributed by atoms with E-state index in [9.17, 15) is 4.79 Å². The Labute approximate surface area is 175 Å². The van der Waals surface area contributed by atoms with Crippen molar-refractivity contribution in [2.24, 2.45) is 0 Å². The van der Waals surface area contributed by atoms with E-state index in [4.69, 9.17) is 4.42 Å². The van der Waals surface area contributed by atoms with Crippen LogP contribution in [0.5, 0.6) is 0 Å². The Bertz CT molecular complexity index is 1080. The maximum Gasteiger partial charge on any atom is 0.235 e. The van der Waals surface area contributed by atoms with Crippen LogP contribution in [-0.4, -0.2) is 31.6 Å². The molecule has 29 heavy (non-hydrogen) atoms. The molecule has 0 aliphatic carbocycles. The molecule has 0 saturated heterocycles. The molecule has 148 valence electrons. The van der Waals surface area contributed by atoms with Gasteiger partial charge < -0.3 is 15.1 Å². The van der Waals surface area contributed by atoms with Gasteiger partial charge in [0, 0.05) is 6.07 Å². The number of hydrogen-bond donors (Lipinski definition) is 2. The van der Waals surface area contributed by atoms with Crippen LogP contribution in [0.1, 0.15) is 11.5 Å². The lowest BCUT2D eigenvalue weighted by atomic mass is 10.3. The fourth-order valence-electron chi connectivity index (χ4n) is 2.58. The number of amides is 1. The van der Waals surface area contributed by atoms with Gasteiger partial charge in [-0.1, -0.05) is 41.3 Å². The normalized spacial score (nSPS) is 10.8. The Morgan fingerprint density at radius 1 is 1.21 bits per heavy atom. The Morgan fingerprint density at radius 3 is 2.86 bits per heavy atom. The molecule has 0 bridgehead atoms. The Hall–Kier alpha value is -3.11. The molecule has 4 aromatic rings. The van der Waals surface area contributed by atoms with E-state index in [2.05, 4.69) is 25.9 Å². The molecule has 0 unspecified atom stereocenters. The number of para-hydroxylation sites is 1. The molecule has 0 aliphatic heterocycles. The van der Waals surface area contributed by atoms with Gasteiger partial charge in [0.2, 0.25) is 11.0 Å². The number of nitrogens with one attached hydrogen (secondary N) is 2. The summed E-state index contributed by atoms with van der Waals surface area (Å²) in [4.78, 5) is 12.4. The number of thioether (sulfide) groups is 1. The number of rotatable bonds is 8. The number of hydrogen-bond acceptors (Lipinski definition) is 8. The summed E-state index contributed by atoms with van der Waals surface area (Å²) in [7, 11) is 0. The molecular formula is C19H18N6O2S2. The van der Waals surface area contributed by atoms with Crippen LogP contribution in [0.25, 0.3) is 5.69 Å². The van der Waals surface area contributed by atoms with Gasteiger partial charge in [0.25, 0.3) is 0 Å². The van der Waals surface area contributed by atoms with Crippen molar-refractivity contribution in [1.29, 1.82) is 0 Å². The van der Waals surface area contributed by atoms with E-state index in [1.54, 1.807) is 10.9 Å². The molecule has 8 nitrogen and oxygen atoms in total. The zero-order valence-electron chi connectivity index (χ0n) is 15.5. The summed E-state index contributed by atoms with van der Waals surface area (Å²) < 4.78 is 7.71. The van der Waals surface area contributed by atoms with E-state index in [0.29, 0.717) is 17.5 Å². The zero-order chi connectivity index (χ0) is 20.1. The first kappa shape index (κ1) is 19.2. The number of carbonyl (C=O) groups excluding carboxylic acids is 1. The molecule has 0 saturated carbocycles. The van der Waals surface area contributed by atoms with Gasteiger partial charge in [0.1, 0.15) is 11.6 Å². The number of carbonyl (C=O) groups is 1. The lowest BCUT2D eigenvalue weighted by Crippen LogP contribution is -2.16. The summed E-state index contributed by atoms with van der Waals surface area (Å²) >= 11 is 2.74. The molecule has 0 aliphatic rings. The maximum atomic E-state index is 12.4. The van der Waals surface area contributed by atoms with Gasteiger partial charge >= 0.3 is 0 Å². The van der Waals surface area contributed by atoms with Crippen molar-refractivity contribution >= 4 is 40.0 Å². The van der Waals surface area contributed by atoms with Crippen LogP contribution in [0.2, 0.25) is 0 Å².